The molecule has 0 fully saturated rings. The summed E-state index contributed by atoms with van der Waals surface area (Å²) in [5.41, 5.74) is 4.69. The molecule has 0 saturated heterocycles. The van der Waals surface area contributed by atoms with Gasteiger partial charge in [0.05, 0.1) is 0 Å². The van der Waals surface area contributed by atoms with Gasteiger partial charge in [0.25, 0.3) is 0 Å². The zero-order valence-corrected chi connectivity index (χ0v) is 26.5. The standard InChI is InChI=1S/3C10H13.C6H5.Sn/c3*1-10(2,3)9-7-5-4-6-8-9;1-2-4-6-5-3-1;/h3*4-8H,1H2,2-3H3;1-5H;. The molecule has 4 rings (SSSR count). The molecule has 0 aromatic heterocycles. The molecule has 4 aromatic carbocycles. The van der Waals surface area contributed by atoms with Crippen LogP contribution in [0.25, 0.3) is 0 Å². The summed E-state index contributed by atoms with van der Waals surface area (Å²) >= 11 is -3.19. The second-order valence-corrected chi connectivity index (χ2v) is 24.9. The fourth-order valence-corrected chi connectivity index (χ4v) is 28.4. The Bertz CT molecular complexity index is 1110. The number of benzene rings is 4. The van der Waals surface area contributed by atoms with Crippen molar-refractivity contribution in [3.63, 3.8) is 0 Å². The fraction of sp³-hybridized carbons (Fsp3) is 0.333. The van der Waals surface area contributed by atoms with Gasteiger partial charge in [-0.1, -0.05) is 0 Å². The van der Waals surface area contributed by atoms with Gasteiger partial charge in [0.1, 0.15) is 0 Å². The van der Waals surface area contributed by atoms with Crippen LogP contribution in [0.15, 0.2) is 121 Å². The van der Waals surface area contributed by atoms with Crippen molar-refractivity contribution in [3.05, 3.63) is 138 Å². The molecule has 0 bridgehead atoms. The van der Waals surface area contributed by atoms with Gasteiger partial charge in [0.15, 0.2) is 0 Å². The summed E-state index contributed by atoms with van der Waals surface area (Å²) in [6, 6.07) is 45.4. The molecule has 0 radical (unpaired) electrons. The quantitative estimate of drug-likeness (QED) is 0.160. The molecule has 0 aliphatic carbocycles. The number of hydrogen-bond acceptors (Lipinski definition) is 0. The molecule has 0 aliphatic heterocycles. The van der Waals surface area contributed by atoms with Crippen molar-refractivity contribution in [2.75, 3.05) is 0 Å². The average molecular weight is 595 g/mol. The third-order valence-electron chi connectivity index (χ3n) is 8.39. The van der Waals surface area contributed by atoms with Gasteiger partial charge in [0, 0.05) is 0 Å². The number of rotatable bonds is 10. The Morgan fingerprint density at radius 1 is 0.378 bits per heavy atom. The molecular formula is C36H44Sn. The predicted octanol–water partition coefficient (Wildman–Crippen LogP) is 9.28. The molecule has 0 amide bonds. The first-order chi connectivity index (χ1) is 17.5. The van der Waals surface area contributed by atoms with Crippen LogP contribution in [0.5, 0.6) is 0 Å². The van der Waals surface area contributed by atoms with Gasteiger partial charge in [-0.2, -0.15) is 0 Å². The van der Waals surface area contributed by atoms with Gasteiger partial charge >= 0.3 is 231 Å². The van der Waals surface area contributed by atoms with Crippen LogP contribution < -0.4 is 3.58 Å². The summed E-state index contributed by atoms with van der Waals surface area (Å²) in [4.78, 5) is 0. The van der Waals surface area contributed by atoms with E-state index in [1.54, 1.807) is 3.58 Å². The van der Waals surface area contributed by atoms with Gasteiger partial charge in [0.2, 0.25) is 0 Å². The second-order valence-electron chi connectivity index (χ2n) is 12.9. The number of hydrogen-bond donors (Lipinski definition) is 0. The molecule has 0 saturated carbocycles. The third kappa shape index (κ3) is 6.58. The normalized spacial score (nSPS) is 12.9. The average Bonchev–Trinajstić information content (AvgIpc) is 2.90. The Balaban J connectivity index is 1.89. The van der Waals surface area contributed by atoms with Crippen LogP contribution in [0.2, 0.25) is 13.3 Å². The predicted molar refractivity (Wildman–Crippen MR) is 165 cm³/mol. The summed E-state index contributed by atoms with van der Waals surface area (Å²) in [5.74, 6) is 0. The first-order valence-corrected chi connectivity index (χ1v) is 21.2. The zero-order chi connectivity index (χ0) is 26.6. The monoisotopic (exact) mass is 596 g/mol. The van der Waals surface area contributed by atoms with Crippen LogP contribution in [0.3, 0.4) is 0 Å². The Morgan fingerprint density at radius 2 is 0.622 bits per heavy atom. The van der Waals surface area contributed by atoms with Gasteiger partial charge in [-0.25, -0.2) is 0 Å². The molecule has 0 atom stereocenters. The van der Waals surface area contributed by atoms with E-state index in [0.717, 1.165) is 0 Å². The molecule has 1 heteroatoms. The van der Waals surface area contributed by atoms with E-state index < -0.39 is 18.4 Å². The molecule has 4 aromatic rings. The first-order valence-electron chi connectivity index (χ1n) is 13.8. The van der Waals surface area contributed by atoms with E-state index in [-0.39, 0.29) is 16.2 Å². The van der Waals surface area contributed by atoms with E-state index in [2.05, 4.69) is 163 Å². The topological polar surface area (TPSA) is 0 Å². The molecule has 0 nitrogen and oxygen atoms in total. The van der Waals surface area contributed by atoms with E-state index in [4.69, 9.17) is 0 Å². The summed E-state index contributed by atoms with van der Waals surface area (Å²) in [7, 11) is 0. The molecular weight excluding hydrogens is 551 g/mol. The van der Waals surface area contributed by atoms with Crippen LogP contribution in [0, 0.1) is 0 Å². The van der Waals surface area contributed by atoms with Crippen LogP contribution in [-0.2, 0) is 16.2 Å². The van der Waals surface area contributed by atoms with Gasteiger partial charge < -0.3 is 0 Å². The van der Waals surface area contributed by atoms with E-state index in [1.807, 2.05) is 0 Å². The van der Waals surface area contributed by atoms with E-state index in [1.165, 1.54) is 30.0 Å². The summed E-state index contributed by atoms with van der Waals surface area (Å²) in [5, 5.41) is 0. The molecule has 0 unspecified atom stereocenters. The Hall–Kier alpha value is -2.32. The van der Waals surface area contributed by atoms with Gasteiger partial charge in [-0.15, -0.1) is 0 Å². The van der Waals surface area contributed by atoms with Crippen LogP contribution in [-0.4, -0.2) is 18.4 Å². The van der Waals surface area contributed by atoms with Crippen molar-refractivity contribution >= 4 is 22.0 Å². The summed E-state index contributed by atoms with van der Waals surface area (Å²) < 4.78 is 5.50. The molecule has 0 spiro atoms. The molecule has 0 heterocycles. The molecule has 37 heavy (non-hydrogen) atoms. The van der Waals surface area contributed by atoms with Gasteiger partial charge in [-0.05, 0) is 0 Å². The van der Waals surface area contributed by atoms with E-state index in [9.17, 15) is 0 Å². The van der Waals surface area contributed by atoms with Crippen LogP contribution >= 0.6 is 0 Å². The van der Waals surface area contributed by atoms with Crippen molar-refractivity contribution < 1.29 is 0 Å². The van der Waals surface area contributed by atoms with Crippen molar-refractivity contribution in [1.82, 2.24) is 0 Å². The third-order valence-corrected chi connectivity index (χ3v) is 26.2. The van der Waals surface area contributed by atoms with Crippen LogP contribution in [0.1, 0.15) is 58.2 Å². The minimum atomic E-state index is -3.19. The first kappa shape index (κ1) is 27.7. The summed E-state index contributed by atoms with van der Waals surface area (Å²) in [6.45, 7) is 14.9. The maximum atomic E-state index is 2.49. The van der Waals surface area contributed by atoms with E-state index in [0.29, 0.717) is 0 Å². The fourth-order valence-electron chi connectivity index (χ4n) is 6.80. The molecule has 0 N–H and O–H groups in total. The Morgan fingerprint density at radius 3 is 0.892 bits per heavy atom. The Kier molecular flexibility index (Phi) is 8.38. The SMILES string of the molecule is CC(C)([CH2][Sn]([CH2]C(C)(C)c1ccccc1)([CH2]C(C)(C)c1ccccc1)[c]1ccccc1)c1ccccc1. The van der Waals surface area contributed by atoms with Crippen molar-refractivity contribution in [1.29, 1.82) is 0 Å². The maximum absolute atomic E-state index is 3.19. The van der Waals surface area contributed by atoms with Crippen molar-refractivity contribution in [2.45, 2.75) is 71.1 Å². The van der Waals surface area contributed by atoms with Crippen molar-refractivity contribution in [3.8, 4) is 0 Å². The second kappa shape index (κ2) is 11.2. The molecule has 192 valence electrons. The van der Waals surface area contributed by atoms with Crippen molar-refractivity contribution in [2.24, 2.45) is 0 Å². The Labute approximate surface area is 230 Å². The molecule has 0 aliphatic rings. The van der Waals surface area contributed by atoms with Crippen LogP contribution in [0.4, 0.5) is 0 Å². The minimum absolute atomic E-state index is 0.104. The van der Waals surface area contributed by atoms with Gasteiger partial charge in [-0.3, -0.25) is 0 Å². The van der Waals surface area contributed by atoms with E-state index >= 15 is 0 Å². The zero-order valence-electron chi connectivity index (χ0n) is 23.7. The summed E-state index contributed by atoms with van der Waals surface area (Å²) in [6.07, 6.45) is 0.